The lowest BCUT2D eigenvalue weighted by Gasteiger charge is -2.32. The van der Waals surface area contributed by atoms with E-state index in [2.05, 4.69) is 5.32 Å². The number of nitrogens with zero attached hydrogens (tertiary/aromatic N) is 1. The minimum Gasteiger partial charge on any atom is -0.480 e. The van der Waals surface area contributed by atoms with E-state index in [4.69, 9.17) is 5.11 Å². The molecule has 1 aromatic rings. The number of rotatable bonds is 2. The molecule has 0 bridgehead atoms. The number of amides is 2. The van der Waals surface area contributed by atoms with Gasteiger partial charge in [-0.3, -0.25) is 0 Å². The summed E-state index contributed by atoms with van der Waals surface area (Å²) in [6, 6.07) is 4.20. The maximum absolute atomic E-state index is 13.0. The first-order valence-corrected chi connectivity index (χ1v) is 6.14. The van der Waals surface area contributed by atoms with E-state index in [0.29, 0.717) is 18.7 Å². The molecule has 1 aromatic carbocycles. The van der Waals surface area contributed by atoms with Gasteiger partial charge in [0.25, 0.3) is 0 Å². The van der Waals surface area contributed by atoms with Crippen LogP contribution < -0.4 is 5.32 Å². The summed E-state index contributed by atoms with van der Waals surface area (Å²) in [7, 11) is 0. The molecule has 0 spiro atoms. The number of hydrogen-bond donors (Lipinski definition) is 2. The molecule has 19 heavy (non-hydrogen) atoms. The molecule has 1 atom stereocenters. The molecule has 0 aromatic heterocycles. The maximum Gasteiger partial charge on any atom is 0.326 e. The molecule has 2 amide bonds. The second-order valence-corrected chi connectivity index (χ2v) is 4.48. The van der Waals surface area contributed by atoms with Crippen molar-refractivity contribution in [1.29, 1.82) is 0 Å². The van der Waals surface area contributed by atoms with Crippen LogP contribution in [0, 0.1) is 5.82 Å². The van der Waals surface area contributed by atoms with Crippen molar-refractivity contribution < 1.29 is 19.1 Å². The fourth-order valence-electron chi connectivity index (χ4n) is 2.19. The van der Waals surface area contributed by atoms with Gasteiger partial charge >= 0.3 is 12.0 Å². The number of urea groups is 1. The summed E-state index contributed by atoms with van der Waals surface area (Å²) < 4.78 is 13.0. The Morgan fingerprint density at radius 3 is 2.84 bits per heavy atom. The second-order valence-electron chi connectivity index (χ2n) is 4.48. The Hall–Kier alpha value is -2.11. The molecule has 5 nitrogen and oxygen atoms in total. The van der Waals surface area contributed by atoms with E-state index in [-0.39, 0.29) is 0 Å². The Morgan fingerprint density at radius 1 is 1.37 bits per heavy atom. The lowest BCUT2D eigenvalue weighted by Crippen LogP contribution is -2.49. The van der Waals surface area contributed by atoms with Crippen LogP contribution in [0.5, 0.6) is 0 Å². The van der Waals surface area contributed by atoms with Gasteiger partial charge in [-0.1, -0.05) is 6.07 Å². The normalized spacial score (nSPS) is 19.0. The number of piperidine rings is 1. The standard InChI is InChI=1S/C13H15FN2O3/c14-9-4-3-5-10(8-9)15-13(19)16-7-2-1-6-11(16)12(17)18/h3-5,8,11H,1-2,6-7H2,(H,15,19)(H,17,18)/t11-/m0/s1. The highest BCUT2D eigenvalue weighted by Crippen LogP contribution is 2.19. The fraction of sp³-hybridized carbons (Fsp3) is 0.385. The van der Waals surface area contributed by atoms with Crippen LogP contribution in [0.1, 0.15) is 19.3 Å². The summed E-state index contributed by atoms with van der Waals surface area (Å²) in [5, 5.41) is 11.6. The van der Waals surface area contributed by atoms with Gasteiger partial charge in [-0.05, 0) is 37.5 Å². The van der Waals surface area contributed by atoms with Crippen LogP contribution in [0.2, 0.25) is 0 Å². The molecule has 2 rings (SSSR count). The van der Waals surface area contributed by atoms with Crippen LogP contribution >= 0.6 is 0 Å². The number of nitrogens with one attached hydrogen (secondary N) is 1. The number of benzene rings is 1. The highest BCUT2D eigenvalue weighted by molar-refractivity contribution is 5.92. The summed E-state index contributed by atoms with van der Waals surface area (Å²) in [6.07, 6.45) is 2.02. The number of carboxylic acid groups (broad SMARTS) is 1. The lowest BCUT2D eigenvalue weighted by molar-refractivity contribution is -0.143. The molecular weight excluding hydrogens is 251 g/mol. The van der Waals surface area contributed by atoms with Gasteiger partial charge in [-0.15, -0.1) is 0 Å². The molecule has 0 aliphatic carbocycles. The van der Waals surface area contributed by atoms with E-state index in [9.17, 15) is 14.0 Å². The minimum absolute atomic E-state index is 0.319. The van der Waals surface area contributed by atoms with E-state index >= 15 is 0 Å². The van der Waals surface area contributed by atoms with Gasteiger partial charge < -0.3 is 15.3 Å². The molecule has 0 radical (unpaired) electrons. The third-order valence-electron chi connectivity index (χ3n) is 3.12. The molecule has 2 N–H and O–H groups in total. The van der Waals surface area contributed by atoms with Crippen molar-refractivity contribution >= 4 is 17.7 Å². The number of aliphatic carboxylic acids is 1. The van der Waals surface area contributed by atoms with E-state index in [0.717, 1.165) is 12.8 Å². The molecule has 1 fully saturated rings. The van der Waals surface area contributed by atoms with Crippen molar-refractivity contribution in [3.63, 3.8) is 0 Å². The fourth-order valence-corrected chi connectivity index (χ4v) is 2.19. The van der Waals surface area contributed by atoms with Gasteiger partial charge in [0.15, 0.2) is 0 Å². The Kier molecular flexibility index (Phi) is 3.99. The zero-order chi connectivity index (χ0) is 13.8. The zero-order valence-corrected chi connectivity index (χ0v) is 10.3. The highest BCUT2D eigenvalue weighted by Gasteiger charge is 2.31. The molecule has 1 heterocycles. The van der Waals surface area contributed by atoms with Crippen molar-refractivity contribution in [3.05, 3.63) is 30.1 Å². The number of hydrogen-bond acceptors (Lipinski definition) is 2. The maximum atomic E-state index is 13.0. The van der Waals surface area contributed by atoms with Gasteiger partial charge in [0.05, 0.1) is 0 Å². The molecule has 0 saturated carbocycles. The number of carboxylic acids is 1. The number of carbonyl (C=O) groups is 2. The Bertz CT molecular complexity index is 493. The average Bonchev–Trinajstić information content (AvgIpc) is 2.38. The van der Waals surface area contributed by atoms with Crippen LogP contribution in [-0.4, -0.2) is 34.6 Å². The van der Waals surface area contributed by atoms with Gasteiger partial charge in [0.1, 0.15) is 11.9 Å². The molecule has 102 valence electrons. The first-order chi connectivity index (χ1) is 9.08. The first kappa shape index (κ1) is 13.3. The van der Waals surface area contributed by atoms with E-state index < -0.39 is 23.9 Å². The van der Waals surface area contributed by atoms with E-state index in [1.165, 1.54) is 23.1 Å². The zero-order valence-electron chi connectivity index (χ0n) is 10.3. The van der Waals surface area contributed by atoms with Crippen molar-refractivity contribution in [2.75, 3.05) is 11.9 Å². The quantitative estimate of drug-likeness (QED) is 0.862. The Morgan fingerprint density at radius 2 is 2.16 bits per heavy atom. The monoisotopic (exact) mass is 266 g/mol. The van der Waals surface area contributed by atoms with Crippen LogP contribution in [0.3, 0.4) is 0 Å². The van der Waals surface area contributed by atoms with Crippen molar-refractivity contribution in [3.8, 4) is 0 Å². The topological polar surface area (TPSA) is 69.6 Å². The first-order valence-electron chi connectivity index (χ1n) is 6.14. The number of halogens is 1. The van der Waals surface area contributed by atoms with E-state index in [1.807, 2.05) is 0 Å². The smallest absolute Gasteiger partial charge is 0.326 e. The molecule has 1 aliphatic rings. The van der Waals surface area contributed by atoms with Crippen molar-refractivity contribution in [2.45, 2.75) is 25.3 Å². The molecule has 6 heteroatoms. The van der Waals surface area contributed by atoms with Gasteiger partial charge in [-0.2, -0.15) is 0 Å². The Labute approximate surface area is 110 Å². The largest absolute Gasteiger partial charge is 0.480 e. The predicted octanol–water partition coefficient (Wildman–Crippen LogP) is 2.30. The number of likely N-dealkylation sites (tertiary alicyclic amines) is 1. The summed E-state index contributed by atoms with van der Waals surface area (Å²) >= 11 is 0. The van der Waals surface area contributed by atoms with Crippen LogP contribution in [-0.2, 0) is 4.79 Å². The average molecular weight is 266 g/mol. The predicted molar refractivity (Wildman–Crippen MR) is 67.4 cm³/mol. The van der Waals surface area contributed by atoms with Crippen LogP contribution in [0.4, 0.5) is 14.9 Å². The summed E-state index contributed by atoms with van der Waals surface area (Å²) in [5.74, 6) is -1.46. The van der Waals surface area contributed by atoms with Crippen LogP contribution in [0.15, 0.2) is 24.3 Å². The summed E-state index contributed by atoms with van der Waals surface area (Å²) in [4.78, 5) is 24.4. The van der Waals surface area contributed by atoms with Gasteiger partial charge in [-0.25, -0.2) is 14.0 Å². The highest BCUT2D eigenvalue weighted by atomic mass is 19.1. The lowest BCUT2D eigenvalue weighted by atomic mass is 10.0. The third kappa shape index (κ3) is 3.21. The molecule has 0 unspecified atom stereocenters. The molecule has 1 saturated heterocycles. The van der Waals surface area contributed by atoms with Gasteiger partial charge in [0.2, 0.25) is 0 Å². The summed E-state index contributed by atoms with van der Waals surface area (Å²) in [5.41, 5.74) is 0.319. The Balaban J connectivity index is 2.07. The van der Waals surface area contributed by atoms with Crippen LogP contribution in [0.25, 0.3) is 0 Å². The van der Waals surface area contributed by atoms with Crippen molar-refractivity contribution in [2.24, 2.45) is 0 Å². The summed E-state index contributed by atoms with van der Waals surface area (Å²) in [6.45, 7) is 0.401. The number of carbonyl (C=O) groups excluding carboxylic acids is 1. The molecule has 1 aliphatic heterocycles. The van der Waals surface area contributed by atoms with E-state index in [1.54, 1.807) is 6.07 Å². The third-order valence-corrected chi connectivity index (χ3v) is 3.12. The second kappa shape index (κ2) is 5.69. The molecular formula is C13H15FN2O3. The van der Waals surface area contributed by atoms with Crippen molar-refractivity contribution in [1.82, 2.24) is 4.90 Å². The number of anilines is 1. The van der Waals surface area contributed by atoms with Gasteiger partial charge in [0, 0.05) is 12.2 Å². The minimum atomic E-state index is -1.01. The SMILES string of the molecule is O=C(O)[C@@H]1CCCCN1C(=O)Nc1cccc(F)c1.